The van der Waals surface area contributed by atoms with Crippen LogP contribution in [-0.4, -0.2) is 38.0 Å². The van der Waals surface area contributed by atoms with E-state index in [1.165, 1.54) is 6.07 Å². The molecule has 0 aliphatic heterocycles. The minimum Gasteiger partial charge on any atom is -0.325 e. The van der Waals surface area contributed by atoms with Gasteiger partial charge in [0, 0.05) is 12.2 Å². The summed E-state index contributed by atoms with van der Waals surface area (Å²) < 4.78 is 24.4. The maximum atomic E-state index is 11.9. The molecule has 0 bridgehead atoms. The number of unbranched alkanes of at least 4 members (excludes halogenated alkanes) is 1. The highest BCUT2D eigenvalue weighted by Crippen LogP contribution is 2.24. The molecule has 5 nitrogen and oxygen atoms in total. The van der Waals surface area contributed by atoms with E-state index in [0.29, 0.717) is 28.7 Å². The summed E-state index contributed by atoms with van der Waals surface area (Å²) in [6.07, 6.45) is 2.64. The topological polar surface area (TPSA) is 66.5 Å². The van der Waals surface area contributed by atoms with E-state index in [4.69, 9.17) is 23.2 Å². The molecular weight excluding hydrogens is 335 g/mol. The third kappa shape index (κ3) is 6.22. The summed E-state index contributed by atoms with van der Waals surface area (Å²) in [6.45, 7) is 2.06. The summed E-state index contributed by atoms with van der Waals surface area (Å²) in [5.74, 6) is -0.421. The Hall–Kier alpha value is -0.820. The summed E-state index contributed by atoms with van der Waals surface area (Å²) >= 11 is 11.6. The molecule has 0 saturated heterocycles. The molecule has 0 radical (unpaired) electrons. The van der Waals surface area contributed by atoms with Gasteiger partial charge in [0.25, 0.3) is 0 Å². The van der Waals surface area contributed by atoms with Crippen molar-refractivity contribution in [2.75, 3.05) is 24.7 Å². The summed E-state index contributed by atoms with van der Waals surface area (Å²) in [6, 6.07) is 4.67. The maximum absolute atomic E-state index is 11.9. The third-order valence-electron chi connectivity index (χ3n) is 2.75. The van der Waals surface area contributed by atoms with Crippen molar-refractivity contribution in [2.45, 2.75) is 19.8 Å². The standard InChI is InChI=1S/C13H18Cl2N2O3S/c1-3-4-7-17(21(2,19)20)9-13(18)16-10-5-6-11(14)12(15)8-10/h5-6,8H,3-4,7,9H2,1-2H3,(H,16,18). The van der Waals surface area contributed by atoms with Crippen molar-refractivity contribution < 1.29 is 13.2 Å². The fraction of sp³-hybridized carbons (Fsp3) is 0.462. The Kier molecular flexibility index (Phi) is 6.93. The van der Waals surface area contributed by atoms with Gasteiger partial charge in [0.2, 0.25) is 15.9 Å². The molecule has 0 heterocycles. The molecule has 1 amide bonds. The largest absolute Gasteiger partial charge is 0.325 e. The van der Waals surface area contributed by atoms with Crippen LogP contribution in [0.1, 0.15) is 19.8 Å². The van der Waals surface area contributed by atoms with Crippen molar-refractivity contribution in [3.63, 3.8) is 0 Å². The van der Waals surface area contributed by atoms with Gasteiger partial charge >= 0.3 is 0 Å². The van der Waals surface area contributed by atoms with E-state index in [2.05, 4.69) is 5.32 Å². The fourth-order valence-corrected chi connectivity index (χ4v) is 2.74. The third-order valence-corrected chi connectivity index (χ3v) is 4.74. The molecule has 1 rings (SSSR count). The number of nitrogens with one attached hydrogen (secondary N) is 1. The lowest BCUT2D eigenvalue weighted by Crippen LogP contribution is -2.38. The van der Waals surface area contributed by atoms with E-state index < -0.39 is 15.9 Å². The molecule has 0 aromatic heterocycles. The molecule has 0 saturated carbocycles. The van der Waals surface area contributed by atoms with Gasteiger partial charge in [0.05, 0.1) is 22.8 Å². The van der Waals surface area contributed by atoms with Gasteiger partial charge in [-0.2, -0.15) is 4.31 Å². The van der Waals surface area contributed by atoms with Crippen LogP contribution < -0.4 is 5.32 Å². The highest BCUT2D eigenvalue weighted by Gasteiger charge is 2.19. The van der Waals surface area contributed by atoms with Crippen molar-refractivity contribution >= 4 is 44.8 Å². The van der Waals surface area contributed by atoms with Gasteiger partial charge in [-0.25, -0.2) is 8.42 Å². The van der Waals surface area contributed by atoms with Crippen LogP contribution in [0, 0.1) is 0 Å². The van der Waals surface area contributed by atoms with Crippen molar-refractivity contribution in [3.05, 3.63) is 28.2 Å². The van der Waals surface area contributed by atoms with Gasteiger partial charge in [0.15, 0.2) is 0 Å². The SMILES string of the molecule is CCCCN(CC(=O)Nc1ccc(Cl)c(Cl)c1)S(C)(=O)=O. The van der Waals surface area contributed by atoms with Gasteiger partial charge in [-0.1, -0.05) is 36.5 Å². The van der Waals surface area contributed by atoms with Crippen LogP contribution in [0.25, 0.3) is 0 Å². The van der Waals surface area contributed by atoms with Crippen LogP contribution >= 0.6 is 23.2 Å². The van der Waals surface area contributed by atoms with Gasteiger partial charge in [-0.05, 0) is 24.6 Å². The second-order valence-electron chi connectivity index (χ2n) is 4.63. The van der Waals surface area contributed by atoms with Gasteiger partial charge in [-0.3, -0.25) is 4.79 Å². The molecule has 0 aliphatic rings. The zero-order chi connectivity index (χ0) is 16.0. The van der Waals surface area contributed by atoms with Crippen molar-refractivity contribution in [1.29, 1.82) is 0 Å². The molecule has 0 atom stereocenters. The number of benzene rings is 1. The van der Waals surface area contributed by atoms with Crippen LogP contribution in [0.3, 0.4) is 0 Å². The summed E-state index contributed by atoms with van der Waals surface area (Å²) in [5, 5.41) is 3.31. The van der Waals surface area contributed by atoms with E-state index in [1.54, 1.807) is 12.1 Å². The van der Waals surface area contributed by atoms with Crippen LogP contribution in [0.5, 0.6) is 0 Å². The Balaban J connectivity index is 2.71. The first-order valence-electron chi connectivity index (χ1n) is 6.44. The predicted molar refractivity (Wildman–Crippen MR) is 86.4 cm³/mol. The number of carbonyl (C=O) groups is 1. The highest BCUT2D eigenvalue weighted by atomic mass is 35.5. The number of nitrogens with zero attached hydrogens (tertiary/aromatic N) is 1. The zero-order valence-corrected chi connectivity index (χ0v) is 14.2. The van der Waals surface area contributed by atoms with Gasteiger partial charge < -0.3 is 5.32 Å². The number of anilines is 1. The van der Waals surface area contributed by atoms with Crippen LogP contribution in [0.4, 0.5) is 5.69 Å². The number of carbonyl (C=O) groups excluding carboxylic acids is 1. The lowest BCUT2D eigenvalue weighted by molar-refractivity contribution is -0.116. The fourth-order valence-electron chi connectivity index (χ4n) is 1.63. The number of hydrogen-bond acceptors (Lipinski definition) is 3. The van der Waals surface area contributed by atoms with Gasteiger partial charge in [-0.15, -0.1) is 0 Å². The minimum absolute atomic E-state index is 0.223. The highest BCUT2D eigenvalue weighted by molar-refractivity contribution is 7.88. The number of amides is 1. The summed E-state index contributed by atoms with van der Waals surface area (Å²) in [5.41, 5.74) is 0.471. The van der Waals surface area contributed by atoms with Crippen LogP contribution in [0.15, 0.2) is 18.2 Å². The molecule has 1 aromatic carbocycles. The van der Waals surface area contributed by atoms with Crippen molar-refractivity contribution in [2.24, 2.45) is 0 Å². The van der Waals surface area contributed by atoms with E-state index >= 15 is 0 Å². The summed E-state index contributed by atoms with van der Waals surface area (Å²) in [7, 11) is -3.41. The molecule has 1 aromatic rings. The molecule has 118 valence electrons. The van der Waals surface area contributed by atoms with Crippen molar-refractivity contribution in [1.82, 2.24) is 4.31 Å². The quantitative estimate of drug-likeness (QED) is 0.820. The summed E-state index contributed by atoms with van der Waals surface area (Å²) in [4.78, 5) is 11.9. The Morgan fingerprint density at radius 3 is 2.48 bits per heavy atom. The molecule has 0 fully saturated rings. The molecule has 1 N–H and O–H groups in total. The number of hydrogen-bond donors (Lipinski definition) is 1. The second kappa shape index (κ2) is 7.98. The molecule has 0 aliphatic carbocycles. The molecule has 8 heteroatoms. The Morgan fingerprint density at radius 2 is 1.95 bits per heavy atom. The lowest BCUT2D eigenvalue weighted by Gasteiger charge is -2.19. The number of sulfonamides is 1. The lowest BCUT2D eigenvalue weighted by atomic mass is 10.3. The Morgan fingerprint density at radius 1 is 1.29 bits per heavy atom. The van der Waals surface area contributed by atoms with E-state index in [-0.39, 0.29) is 6.54 Å². The van der Waals surface area contributed by atoms with Crippen LogP contribution in [0.2, 0.25) is 10.0 Å². The number of rotatable bonds is 7. The molecule has 0 unspecified atom stereocenters. The molecular formula is C13H18Cl2N2O3S. The Bertz CT molecular complexity index is 605. The maximum Gasteiger partial charge on any atom is 0.239 e. The van der Waals surface area contributed by atoms with E-state index in [1.807, 2.05) is 6.92 Å². The normalized spacial score (nSPS) is 11.7. The smallest absolute Gasteiger partial charge is 0.239 e. The van der Waals surface area contributed by atoms with E-state index in [9.17, 15) is 13.2 Å². The average molecular weight is 353 g/mol. The molecule has 21 heavy (non-hydrogen) atoms. The first kappa shape index (κ1) is 18.2. The van der Waals surface area contributed by atoms with E-state index in [0.717, 1.165) is 17.0 Å². The second-order valence-corrected chi connectivity index (χ2v) is 7.42. The predicted octanol–water partition coefficient (Wildman–Crippen LogP) is 2.99. The van der Waals surface area contributed by atoms with Crippen molar-refractivity contribution in [3.8, 4) is 0 Å². The minimum atomic E-state index is -3.41. The first-order valence-corrected chi connectivity index (χ1v) is 9.04. The zero-order valence-electron chi connectivity index (χ0n) is 11.9. The Labute approximate surface area is 135 Å². The van der Waals surface area contributed by atoms with Crippen LogP contribution in [-0.2, 0) is 14.8 Å². The van der Waals surface area contributed by atoms with Gasteiger partial charge in [0.1, 0.15) is 0 Å². The molecule has 0 spiro atoms. The first-order chi connectivity index (χ1) is 9.74. The monoisotopic (exact) mass is 352 g/mol. The number of halogens is 2. The average Bonchev–Trinajstić information content (AvgIpc) is 2.37.